The van der Waals surface area contributed by atoms with Crippen LogP contribution in [0.2, 0.25) is 5.02 Å². The van der Waals surface area contributed by atoms with Gasteiger partial charge in [-0.25, -0.2) is 13.2 Å². The number of hydrogen-bond donors (Lipinski definition) is 1. The lowest BCUT2D eigenvalue weighted by Crippen LogP contribution is -2.16. The average molecular weight is 246 g/mol. The van der Waals surface area contributed by atoms with Crippen molar-refractivity contribution < 1.29 is 13.2 Å². The van der Waals surface area contributed by atoms with Gasteiger partial charge in [0.2, 0.25) is 0 Å². The van der Waals surface area contributed by atoms with Crippen molar-refractivity contribution in [3.8, 4) is 0 Å². The number of hydrogen-bond acceptors (Lipinski definition) is 1. The molecule has 0 radical (unpaired) electrons. The van der Waals surface area contributed by atoms with Crippen LogP contribution in [0.15, 0.2) is 12.1 Å². The Morgan fingerprint density at radius 1 is 1.29 bits per heavy atom. The summed E-state index contributed by atoms with van der Waals surface area (Å²) in [5.74, 6) is -1.84. The minimum absolute atomic E-state index is 0. The van der Waals surface area contributed by atoms with E-state index in [0.29, 0.717) is 0 Å². The summed E-state index contributed by atoms with van der Waals surface area (Å²) >= 11 is 5.36. The minimum atomic E-state index is -1.28. The van der Waals surface area contributed by atoms with Gasteiger partial charge in [0, 0.05) is 10.6 Å². The van der Waals surface area contributed by atoms with Crippen molar-refractivity contribution in [1.29, 1.82) is 0 Å². The second-order valence-electron chi connectivity index (χ2n) is 2.54. The van der Waals surface area contributed by atoms with Crippen LogP contribution in [0.4, 0.5) is 13.2 Å². The third-order valence-corrected chi connectivity index (χ3v) is 1.80. The highest BCUT2D eigenvalue weighted by atomic mass is 35.5. The molecule has 1 rings (SSSR count). The first-order valence-electron chi connectivity index (χ1n) is 3.52. The first-order chi connectivity index (χ1) is 6.06. The molecule has 0 bridgehead atoms. The molecule has 0 fully saturated rings. The molecule has 0 aliphatic heterocycles. The van der Waals surface area contributed by atoms with Crippen LogP contribution in [0.25, 0.3) is 0 Å². The smallest absolute Gasteiger partial charge is 0.132 e. The number of halogens is 5. The quantitative estimate of drug-likeness (QED) is 0.852. The number of benzene rings is 1. The summed E-state index contributed by atoms with van der Waals surface area (Å²) < 4.78 is 38.0. The molecule has 6 heteroatoms. The lowest BCUT2D eigenvalue weighted by Gasteiger charge is -2.09. The molecule has 2 N–H and O–H groups in total. The zero-order valence-corrected chi connectivity index (χ0v) is 8.51. The van der Waals surface area contributed by atoms with E-state index >= 15 is 0 Å². The fourth-order valence-electron chi connectivity index (χ4n) is 0.985. The molecular formula is C8H8Cl2F3N. The van der Waals surface area contributed by atoms with Crippen LogP contribution in [0.5, 0.6) is 0 Å². The average Bonchev–Trinajstić information content (AvgIpc) is 2.02. The zero-order chi connectivity index (χ0) is 10.0. The normalized spacial score (nSPS) is 12.1. The Kier molecular flexibility index (Phi) is 5.26. The van der Waals surface area contributed by atoms with Crippen LogP contribution >= 0.6 is 24.0 Å². The highest BCUT2D eigenvalue weighted by molar-refractivity contribution is 6.30. The number of nitrogens with two attached hydrogens (primary N) is 1. The van der Waals surface area contributed by atoms with Crippen molar-refractivity contribution in [2.24, 2.45) is 5.73 Å². The van der Waals surface area contributed by atoms with E-state index in [1.54, 1.807) is 0 Å². The lowest BCUT2D eigenvalue weighted by molar-refractivity contribution is 0.413. The van der Waals surface area contributed by atoms with Crippen molar-refractivity contribution in [2.75, 3.05) is 6.67 Å². The van der Waals surface area contributed by atoms with Gasteiger partial charge < -0.3 is 5.73 Å². The van der Waals surface area contributed by atoms with Gasteiger partial charge in [0.05, 0.1) is 6.04 Å². The Morgan fingerprint density at radius 3 is 2.07 bits per heavy atom. The topological polar surface area (TPSA) is 26.0 Å². The minimum Gasteiger partial charge on any atom is -0.322 e. The van der Waals surface area contributed by atoms with Gasteiger partial charge in [0.25, 0.3) is 0 Å². The highest BCUT2D eigenvalue weighted by Crippen LogP contribution is 2.23. The second kappa shape index (κ2) is 5.44. The summed E-state index contributed by atoms with van der Waals surface area (Å²) in [4.78, 5) is 0. The fraction of sp³-hybridized carbons (Fsp3) is 0.250. The van der Waals surface area contributed by atoms with Gasteiger partial charge in [-0.1, -0.05) is 11.6 Å². The van der Waals surface area contributed by atoms with E-state index in [-0.39, 0.29) is 17.4 Å². The summed E-state index contributed by atoms with van der Waals surface area (Å²) in [6.45, 7) is -1.02. The molecule has 0 saturated heterocycles. The van der Waals surface area contributed by atoms with Gasteiger partial charge in [-0.2, -0.15) is 0 Å². The van der Waals surface area contributed by atoms with Gasteiger partial charge in [0.1, 0.15) is 18.3 Å². The maximum Gasteiger partial charge on any atom is 0.132 e. The van der Waals surface area contributed by atoms with E-state index < -0.39 is 29.9 Å². The van der Waals surface area contributed by atoms with Gasteiger partial charge in [-0.15, -0.1) is 12.4 Å². The summed E-state index contributed by atoms with van der Waals surface area (Å²) in [6.07, 6.45) is 0. The standard InChI is InChI=1S/C8H7ClF3N.ClH/c9-4-1-5(11)8(6(12)2-4)7(13)3-10;/h1-2,7H,3,13H2;1H/t7-;/m1./s1. The van der Waals surface area contributed by atoms with Crippen LogP contribution in [0, 0.1) is 11.6 Å². The predicted molar refractivity (Wildman–Crippen MR) is 51.5 cm³/mol. The van der Waals surface area contributed by atoms with Crippen LogP contribution in [0.1, 0.15) is 11.6 Å². The predicted octanol–water partition coefficient (Wildman–Crippen LogP) is 3.01. The molecule has 0 saturated carbocycles. The fourth-order valence-corrected chi connectivity index (χ4v) is 1.18. The van der Waals surface area contributed by atoms with Gasteiger partial charge in [-0.05, 0) is 12.1 Å². The van der Waals surface area contributed by atoms with Gasteiger partial charge in [-0.3, -0.25) is 0 Å². The number of alkyl halides is 1. The molecule has 0 aliphatic carbocycles. The summed E-state index contributed by atoms with van der Waals surface area (Å²) in [6, 6.07) is 0.516. The van der Waals surface area contributed by atoms with Crippen molar-refractivity contribution in [3.05, 3.63) is 34.4 Å². The first kappa shape index (κ1) is 13.5. The summed E-state index contributed by atoms with van der Waals surface area (Å²) in [5, 5.41) is -0.0789. The number of rotatable bonds is 2. The molecule has 1 aromatic carbocycles. The molecule has 0 spiro atoms. The van der Waals surface area contributed by atoms with E-state index in [1.165, 1.54) is 0 Å². The van der Waals surface area contributed by atoms with Gasteiger partial charge in [0.15, 0.2) is 0 Å². The molecule has 0 heterocycles. The molecule has 0 aromatic heterocycles. The molecule has 1 atom stereocenters. The first-order valence-corrected chi connectivity index (χ1v) is 3.90. The van der Waals surface area contributed by atoms with E-state index in [2.05, 4.69) is 0 Å². The highest BCUT2D eigenvalue weighted by Gasteiger charge is 2.17. The van der Waals surface area contributed by atoms with Crippen LogP contribution in [-0.4, -0.2) is 6.67 Å². The monoisotopic (exact) mass is 245 g/mol. The van der Waals surface area contributed by atoms with Crippen LogP contribution in [0.3, 0.4) is 0 Å². The molecule has 0 amide bonds. The largest absolute Gasteiger partial charge is 0.322 e. The van der Waals surface area contributed by atoms with E-state index in [9.17, 15) is 13.2 Å². The lowest BCUT2D eigenvalue weighted by atomic mass is 10.1. The molecule has 80 valence electrons. The van der Waals surface area contributed by atoms with Gasteiger partial charge >= 0.3 is 0 Å². The Hall–Kier alpha value is -0.450. The summed E-state index contributed by atoms with van der Waals surface area (Å²) in [7, 11) is 0. The Labute approximate surface area is 90.5 Å². The molecule has 1 aromatic rings. The van der Waals surface area contributed by atoms with Crippen molar-refractivity contribution in [3.63, 3.8) is 0 Å². The maximum atomic E-state index is 13.0. The molecule has 0 aliphatic rings. The second-order valence-corrected chi connectivity index (χ2v) is 2.98. The molecule has 0 unspecified atom stereocenters. The maximum absolute atomic E-state index is 13.0. The van der Waals surface area contributed by atoms with Crippen LogP contribution < -0.4 is 5.73 Å². The zero-order valence-electron chi connectivity index (χ0n) is 6.94. The SMILES string of the molecule is Cl.N[C@H](CF)c1c(F)cc(Cl)cc1F. The van der Waals surface area contributed by atoms with Crippen molar-refractivity contribution >= 4 is 24.0 Å². The third-order valence-electron chi connectivity index (χ3n) is 1.58. The van der Waals surface area contributed by atoms with Crippen molar-refractivity contribution in [1.82, 2.24) is 0 Å². The van der Waals surface area contributed by atoms with E-state index in [4.69, 9.17) is 17.3 Å². The van der Waals surface area contributed by atoms with Crippen LogP contribution in [-0.2, 0) is 0 Å². The molecule has 1 nitrogen and oxygen atoms in total. The van der Waals surface area contributed by atoms with E-state index in [0.717, 1.165) is 12.1 Å². The van der Waals surface area contributed by atoms with Crippen molar-refractivity contribution in [2.45, 2.75) is 6.04 Å². The van der Waals surface area contributed by atoms with E-state index in [1.807, 2.05) is 0 Å². The Morgan fingerprint density at radius 2 is 1.71 bits per heavy atom. The Bertz CT molecular complexity index is 296. The molecule has 14 heavy (non-hydrogen) atoms. The Balaban J connectivity index is 0.00000169. The summed E-state index contributed by atoms with van der Waals surface area (Å²) in [5.41, 5.74) is 4.68. The molecular weight excluding hydrogens is 238 g/mol. The third kappa shape index (κ3) is 2.77.